The minimum absolute atomic E-state index is 0.0192. The van der Waals surface area contributed by atoms with Gasteiger partial charge in [-0.1, -0.05) is 6.92 Å². The van der Waals surface area contributed by atoms with Gasteiger partial charge in [0.2, 0.25) is 5.91 Å². The van der Waals surface area contributed by atoms with Crippen molar-refractivity contribution < 1.29 is 14.3 Å². The summed E-state index contributed by atoms with van der Waals surface area (Å²) in [5.74, 6) is 0.317. The lowest BCUT2D eigenvalue weighted by Crippen LogP contribution is -2.25. The van der Waals surface area contributed by atoms with Crippen molar-refractivity contribution in [3.63, 3.8) is 0 Å². The normalized spacial score (nSPS) is 25.6. The van der Waals surface area contributed by atoms with Crippen molar-refractivity contribution in [2.45, 2.75) is 38.7 Å². The molecule has 2 atom stereocenters. The Morgan fingerprint density at radius 1 is 1.33 bits per heavy atom. The van der Waals surface area contributed by atoms with Crippen LogP contribution in [0.1, 0.15) is 43.0 Å². The van der Waals surface area contributed by atoms with E-state index in [0.717, 1.165) is 37.1 Å². The average Bonchev–Trinajstić information content (AvgIpc) is 3.15. The minimum Gasteiger partial charge on any atom is -0.377 e. The van der Waals surface area contributed by atoms with Crippen LogP contribution >= 0.6 is 0 Å². The van der Waals surface area contributed by atoms with Crippen molar-refractivity contribution in [3.8, 4) is 0 Å². The van der Waals surface area contributed by atoms with Gasteiger partial charge in [-0.2, -0.15) is 0 Å². The topological polar surface area (TPSA) is 46.6 Å². The predicted octanol–water partition coefficient (Wildman–Crippen LogP) is 2.81. The van der Waals surface area contributed by atoms with E-state index in [1.807, 2.05) is 24.3 Å². The molecule has 2 fully saturated rings. The van der Waals surface area contributed by atoms with E-state index < -0.39 is 0 Å². The van der Waals surface area contributed by atoms with Gasteiger partial charge < -0.3 is 9.64 Å². The molecule has 2 aliphatic heterocycles. The molecule has 1 aromatic rings. The summed E-state index contributed by atoms with van der Waals surface area (Å²) in [6.45, 7) is 3.51. The van der Waals surface area contributed by atoms with Gasteiger partial charge in [0.1, 0.15) is 0 Å². The highest BCUT2D eigenvalue weighted by molar-refractivity contribution is 6.00. The number of benzene rings is 1. The van der Waals surface area contributed by atoms with Gasteiger partial charge in [-0.25, -0.2) is 0 Å². The van der Waals surface area contributed by atoms with Gasteiger partial charge in [-0.15, -0.1) is 0 Å². The number of rotatable bonds is 4. The van der Waals surface area contributed by atoms with E-state index in [1.165, 1.54) is 0 Å². The first kappa shape index (κ1) is 14.3. The first-order chi connectivity index (χ1) is 10.2. The van der Waals surface area contributed by atoms with Crippen LogP contribution in [0, 0.1) is 5.92 Å². The molecule has 0 bridgehead atoms. The van der Waals surface area contributed by atoms with Crippen LogP contribution in [-0.2, 0) is 9.53 Å². The molecule has 0 radical (unpaired) electrons. The number of Topliss-reactive ketones (excluding diaryl/α,β-unsaturated/α-hetero) is 1. The van der Waals surface area contributed by atoms with E-state index in [1.54, 1.807) is 4.90 Å². The highest BCUT2D eigenvalue weighted by atomic mass is 16.5. The van der Waals surface area contributed by atoms with E-state index in [-0.39, 0.29) is 23.7 Å². The van der Waals surface area contributed by atoms with Crippen LogP contribution < -0.4 is 4.90 Å². The van der Waals surface area contributed by atoms with Crippen molar-refractivity contribution in [1.29, 1.82) is 0 Å². The molecular formula is C17H21NO3. The number of carbonyl (C=O) groups is 2. The van der Waals surface area contributed by atoms with Gasteiger partial charge in [-0.3, -0.25) is 9.59 Å². The number of amides is 1. The van der Waals surface area contributed by atoms with Gasteiger partial charge >= 0.3 is 0 Å². The molecule has 2 heterocycles. The molecule has 4 heteroatoms. The van der Waals surface area contributed by atoms with E-state index >= 15 is 0 Å². The van der Waals surface area contributed by atoms with E-state index in [2.05, 4.69) is 6.92 Å². The monoisotopic (exact) mass is 287 g/mol. The maximum atomic E-state index is 12.6. The average molecular weight is 287 g/mol. The molecule has 21 heavy (non-hydrogen) atoms. The Labute approximate surface area is 125 Å². The lowest BCUT2D eigenvalue weighted by Gasteiger charge is -2.18. The van der Waals surface area contributed by atoms with Crippen LogP contribution in [0.5, 0.6) is 0 Å². The lowest BCUT2D eigenvalue weighted by atomic mass is 9.90. The number of nitrogens with zero attached hydrogens (tertiary/aromatic N) is 1. The molecule has 2 unspecified atom stereocenters. The summed E-state index contributed by atoms with van der Waals surface area (Å²) in [4.78, 5) is 26.1. The van der Waals surface area contributed by atoms with Crippen LogP contribution in [-0.4, -0.2) is 30.9 Å². The fourth-order valence-electron chi connectivity index (χ4n) is 3.29. The Morgan fingerprint density at radius 3 is 2.71 bits per heavy atom. The molecule has 4 nitrogen and oxygen atoms in total. The summed E-state index contributed by atoms with van der Waals surface area (Å²) >= 11 is 0. The fraction of sp³-hybridized carbons (Fsp3) is 0.529. The summed E-state index contributed by atoms with van der Waals surface area (Å²) in [7, 11) is 0. The summed E-state index contributed by atoms with van der Waals surface area (Å²) in [6.07, 6.45) is 3.27. The molecule has 0 N–H and O–H groups in total. The third-order valence-corrected chi connectivity index (χ3v) is 4.49. The number of carbonyl (C=O) groups excluding carboxylic acids is 2. The number of ketones is 1. The van der Waals surface area contributed by atoms with Gasteiger partial charge in [0.05, 0.1) is 12.0 Å². The number of ether oxygens (including phenoxy) is 1. The molecule has 3 rings (SSSR count). The van der Waals surface area contributed by atoms with Gasteiger partial charge in [-0.05, 0) is 43.5 Å². The Kier molecular flexibility index (Phi) is 4.06. The zero-order chi connectivity index (χ0) is 14.8. The van der Waals surface area contributed by atoms with Gasteiger partial charge in [0.15, 0.2) is 5.78 Å². The molecule has 112 valence electrons. The second-order valence-electron chi connectivity index (χ2n) is 5.77. The quantitative estimate of drug-likeness (QED) is 0.800. The molecule has 0 saturated carbocycles. The first-order valence-corrected chi connectivity index (χ1v) is 7.77. The molecule has 0 aliphatic carbocycles. The zero-order valence-corrected chi connectivity index (χ0v) is 12.4. The maximum Gasteiger partial charge on any atom is 0.227 e. The molecule has 2 aliphatic rings. The molecule has 1 aromatic carbocycles. The first-order valence-electron chi connectivity index (χ1n) is 7.77. The fourth-order valence-corrected chi connectivity index (χ4v) is 3.29. The van der Waals surface area contributed by atoms with Crippen LogP contribution in [0.15, 0.2) is 24.3 Å². The van der Waals surface area contributed by atoms with Crippen molar-refractivity contribution in [1.82, 2.24) is 0 Å². The Morgan fingerprint density at radius 2 is 2.10 bits per heavy atom. The Bertz CT molecular complexity index is 537. The van der Waals surface area contributed by atoms with Gasteiger partial charge in [0.25, 0.3) is 0 Å². The van der Waals surface area contributed by atoms with Crippen LogP contribution in [0.25, 0.3) is 0 Å². The molecule has 0 aromatic heterocycles. The Hall–Kier alpha value is -1.68. The number of hydrogen-bond donors (Lipinski definition) is 0. The minimum atomic E-state index is -0.0192. The smallest absolute Gasteiger partial charge is 0.227 e. The summed E-state index contributed by atoms with van der Waals surface area (Å²) in [6, 6.07) is 7.45. The van der Waals surface area contributed by atoms with Crippen molar-refractivity contribution >= 4 is 17.4 Å². The molecule has 1 amide bonds. The van der Waals surface area contributed by atoms with Crippen molar-refractivity contribution in [2.75, 3.05) is 18.1 Å². The van der Waals surface area contributed by atoms with E-state index in [9.17, 15) is 9.59 Å². The van der Waals surface area contributed by atoms with E-state index in [0.29, 0.717) is 13.0 Å². The summed E-state index contributed by atoms with van der Waals surface area (Å²) < 4.78 is 5.60. The SMILES string of the molecule is CCC1OCCC1C(=O)c1ccc(N2CCCC2=O)cc1. The summed E-state index contributed by atoms with van der Waals surface area (Å²) in [5.41, 5.74) is 1.61. The second-order valence-corrected chi connectivity index (χ2v) is 5.77. The highest BCUT2D eigenvalue weighted by Gasteiger charge is 2.33. The molecular weight excluding hydrogens is 266 g/mol. The zero-order valence-electron chi connectivity index (χ0n) is 12.4. The highest BCUT2D eigenvalue weighted by Crippen LogP contribution is 2.28. The second kappa shape index (κ2) is 5.98. The lowest BCUT2D eigenvalue weighted by molar-refractivity contribution is -0.117. The standard InChI is InChI=1S/C17H21NO3/c1-2-15-14(9-11-21-15)17(20)12-5-7-13(8-6-12)18-10-3-4-16(18)19/h5-8,14-15H,2-4,9-11H2,1H3. The Balaban J connectivity index is 1.74. The number of anilines is 1. The third-order valence-electron chi connectivity index (χ3n) is 4.49. The summed E-state index contributed by atoms with van der Waals surface area (Å²) in [5, 5.41) is 0. The van der Waals surface area contributed by atoms with E-state index in [4.69, 9.17) is 4.74 Å². The number of hydrogen-bond acceptors (Lipinski definition) is 3. The predicted molar refractivity (Wildman–Crippen MR) is 80.5 cm³/mol. The van der Waals surface area contributed by atoms with Crippen LogP contribution in [0.2, 0.25) is 0 Å². The van der Waals surface area contributed by atoms with Crippen molar-refractivity contribution in [3.05, 3.63) is 29.8 Å². The van der Waals surface area contributed by atoms with Gasteiger partial charge in [0, 0.05) is 30.8 Å². The van der Waals surface area contributed by atoms with Crippen LogP contribution in [0.4, 0.5) is 5.69 Å². The largest absolute Gasteiger partial charge is 0.377 e. The maximum absolute atomic E-state index is 12.6. The van der Waals surface area contributed by atoms with Crippen molar-refractivity contribution in [2.24, 2.45) is 5.92 Å². The molecule has 2 saturated heterocycles. The third kappa shape index (κ3) is 2.72. The van der Waals surface area contributed by atoms with Crippen LogP contribution in [0.3, 0.4) is 0 Å². The molecule has 0 spiro atoms.